The maximum absolute atomic E-state index is 6.05. The van der Waals surface area contributed by atoms with Crippen LogP contribution in [-0.2, 0) is 0 Å². The van der Waals surface area contributed by atoms with Gasteiger partial charge in [-0.2, -0.15) is 0 Å². The summed E-state index contributed by atoms with van der Waals surface area (Å²) in [5.41, 5.74) is 7.19. The summed E-state index contributed by atoms with van der Waals surface area (Å²) in [6.07, 6.45) is 3.77. The van der Waals surface area contributed by atoms with E-state index in [9.17, 15) is 0 Å². The molecule has 0 amide bonds. The van der Waals surface area contributed by atoms with Crippen LogP contribution in [0.2, 0.25) is 0 Å². The molecule has 1 aromatic rings. The Labute approximate surface area is 102 Å². The van der Waals surface area contributed by atoms with E-state index in [1.165, 1.54) is 0 Å². The zero-order valence-corrected chi connectivity index (χ0v) is 11.0. The average molecular weight is 319 g/mol. The summed E-state index contributed by atoms with van der Waals surface area (Å²) < 4.78 is 2.13. The summed E-state index contributed by atoms with van der Waals surface area (Å²) in [6.45, 7) is 3.69. The molecule has 0 spiro atoms. The van der Waals surface area contributed by atoms with Crippen LogP contribution in [0.5, 0.6) is 0 Å². The molecule has 0 aliphatic carbocycles. The summed E-state index contributed by atoms with van der Waals surface area (Å²) in [5.74, 6) is 0. The van der Waals surface area contributed by atoms with E-state index in [0.29, 0.717) is 0 Å². The van der Waals surface area contributed by atoms with Gasteiger partial charge in [-0.1, -0.05) is 37.9 Å². The van der Waals surface area contributed by atoms with Crippen molar-refractivity contribution in [1.29, 1.82) is 0 Å². The second kappa shape index (κ2) is 5.69. The minimum Gasteiger partial charge on any atom is -0.324 e. The van der Waals surface area contributed by atoms with Gasteiger partial charge in [0, 0.05) is 15.0 Å². The van der Waals surface area contributed by atoms with Crippen LogP contribution < -0.4 is 5.73 Å². The van der Waals surface area contributed by atoms with Crippen LogP contribution in [0, 0.1) is 0 Å². The molecule has 0 aliphatic rings. The van der Waals surface area contributed by atoms with Crippen molar-refractivity contribution in [2.24, 2.45) is 5.73 Å². The van der Waals surface area contributed by atoms with E-state index >= 15 is 0 Å². The molecule has 0 bridgehead atoms. The molecule has 76 valence electrons. The Morgan fingerprint density at radius 3 is 2.79 bits per heavy atom. The van der Waals surface area contributed by atoms with Crippen molar-refractivity contribution >= 4 is 31.9 Å². The highest BCUT2D eigenvalue weighted by Crippen LogP contribution is 2.27. The molecule has 14 heavy (non-hydrogen) atoms. The number of halogens is 2. The molecule has 0 aromatic heterocycles. The van der Waals surface area contributed by atoms with Gasteiger partial charge in [0.25, 0.3) is 0 Å². The van der Waals surface area contributed by atoms with Crippen molar-refractivity contribution in [3.05, 3.63) is 45.4 Å². The minimum atomic E-state index is 0.0693. The molecule has 0 aliphatic heterocycles. The lowest BCUT2D eigenvalue weighted by Gasteiger charge is -2.13. The number of rotatable bonds is 4. The maximum Gasteiger partial charge on any atom is 0.0309 e. The lowest BCUT2D eigenvalue weighted by Crippen LogP contribution is -2.10. The number of nitrogens with two attached hydrogens (primary N) is 1. The van der Waals surface area contributed by atoms with Gasteiger partial charge in [0.15, 0.2) is 0 Å². The molecule has 2 N–H and O–H groups in total. The molecule has 0 radical (unpaired) electrons. The van der Waals surface area contributed by atoms with Gasteiger partial charge in [-0.15, -0.1) is 6.58 Å². The highest BCUT2D eigenvalue weighted by molar-refractivity contribution is 9.11. The van der Waals surface area contributed by atoms with Gasteiger partial charge in [-0.3, -0.25) is 0 Å². The first-order valence-electron chi connectivity index (χ1n) is 4.46. The van der Waals surface area contributed by atoms with Crippen molar-refractivity contribution < 1.29 is 0 Å². The van der Waals surface area contributed by atoms with Gasteiger partial charge in [0.1, 0.15) is 0 Å². The van der Waals surface area contributed by atoms with Gasteiger partial charge < -0.3 is 5.73 Å². The number of hydrogen-bond acceptors (Lipinski definition) is 1. The van der Waals surface area contributed by atoms with E-state index in [1.807, 2.05) is 18.2 Å². The standard InChI is InChI=1S/C11H13Br2N/c1-2-3-4-11(14)9-7-8(12)5-6-10(9)13/h2,5-7,11H,1,3-4,14H2. The summed E-state index contributed by atoms with van der Waals surface area (Å²) in [7, 11) is 0. The molecule has 1 rings (SSSR count). The summed E-state index contributed by atoms with van der Waals surface area (Å²) in [5, 5.41) is 0. The number of allylic oxidation sites excluding steroid dienone is 1. The third kappa shape index (κ3) is 3.23. The predicted molar refractivity (Wildman–Crippen MR) is 68.2 cm³/mol. The SMILES string of the molecule is C=CCCC(N)c1cc(Br)ccc1Br. The number of hydrogen-bond donors (Lipinski definition) is 1. The highest BCUT2D eigenvalue weighted by atomic mass is 79.9. The Kier molecular flexibility index (Phi) is 4.85. The quantitative estimate of drug-likeness (QED) is 0.828. The molecule has 1 unspecified atom stereocenters. The molecule has 1 atom stereocenters. The van der Waals surface area contributed by atoms with Crippen LogP contribution in [0.3, 0.4) is 0 Å². The van der Waals surface area contributed by atoms with Gasteiger partial charge in [-0.25, -0.2) is 0 Å². The predicted octanol–water partition coefficient (Wildman–Crippen LogP) is 4.18. The van der Waals surface area contributed by atoms with Crippen molar-refractivity contribution in [2.45, 2.75) is 18.9 Å². The van der Waals surface area contributed by atoms with E-state index in [1.54, 1.807) is 0 Å². The molecule has 0 saturated heterocycles. The monoisotopic (exact) mass is 317 g/mol. The van der Waals surface area contributed by atoms with Gasteiger partial charge in [0.2, 0.25) is 0 Å². The van der Waals surface area contributed by atoms with Gasteiger partial charge >= 0.3 is 0 Å². The Morgan fingerprint density at radius 1 is 1.43 bits per heavy atom. The third-order valence-corrected chi connectivity index (χ3v) is 3.25. The van der Waals surface area contributed by atoms with Crippen LogP contribution in [-0.4, -0.2) is 0 Å². The lowest BCUT2D eigenvalue weighted by atomic mass is 10.0. The fourth-order valence-electron chi connectivity index (χ4n) is 1.25. The van der Waals surface area contributed by atoms with E-state index in [-0.39, 0.29) is 6.04 Å². The molecule has 1 nitrogen and oxygen atoms in total. The largest absolute Gasteiger partial charge is 0.324 e. The first kappa shape index (κ1) is 12.0. The van der Waals surface area contributed by atoms with Crippen LogP contribution in [0.25, 0.3) is 0 Å². The molecule has 0 saturated carbocycles. The van der Waals surface area contributed by atoms with Crippen molar-refractivity contribution in [3.8, 4) is 0 Å². The van der Waals surface area contributed by atoms with E-state index in [4.69, 9.17) is 5.73 Å². The van der Waals surface area contributed by atoms with Crippen molar-refractivity contribution in [2.75, 3.05) is 0 Å². The summed E-state index contributed by atoms with van der Waals surface area (Å²) >= 11 is 6.93. The Bertz CT molecular complexity index is 323. The first-order valence-corrected chi connectivity index (χ1v) is 6.05. The molecule has 0 heterocycles. The maximum atomic E-state index is 6.05. The fourth-order valence-corrected chi connectivity index (χ4v) is 2.17. The molecule has 3 heteroatoms. The number of benzene rings is 1. The van der Waals surface area contributed by atoms with E-state index < -0.39 is 0 Å². The van der Waals surface area contributed by atoms with Crippen molar-refractivity contribution in [3.63, 3.8) is 0 Å². The Morgan fingerprint density at radius 2 is 2.14 bits per heavy atom. The Hall–Kier alpha value is -0.120. The van der Waals surface area contributed by atoms with E-state index in [0.717, 1.165) is 27.4 Å². The third-order valence-electron chi connectivity index (χ3n) is 2.04. The van der Waals surface area contributed by atoms with Crippen LogP contribution in [0.1, 0.15) is 24.4 Å². The smallest absolute Gasteiger partial charge is 0.0309 e. The minimum absolute atomic E-state index is 0.0693. The molecular weight excluding hydrogens is 306 g/mol. The molecular formula is C11H13Br2N. The molecule has 0 fully saturated rings. The summed E-state index contributed by atoms with van der Waals surface area (Å²) in [6, 6.07) is 6.12. The normalized spacial score (nSPS) is 12.5. The zero-order chi connectivity index (χ0) is 10.6. The van der Waals surface area contributed by atoms with Gasteiger partial charge in [-0.05, 0) is 36.6 Å². The highest BCUT2D eigenvalue weighted by Gasteiger charge is 2.09. The summed E-state index contributed by atoms with van der Waals surface area (Å²) in [4.78, 5) is 0. The topological polar surface area (TPSA) is 26.0 Å². The van der Waals surface area contributed by atoms with Crippen molar-refractivity contribution in [1.82, 2.24) is 0 Å². The Balaban J connectivity index is 2.82. The zero-order valence-electron chi connectivity index (χ0n) is 7.84. The van der Waals surface area contributed by atoms with Crippen LogP contribution in [0.4, 0.5) is 0 Å². The first-order chi connectivity index (χ1) is 6.65. The molecule has 1 aromatic carbocycles. The second-order valence-electron chi connectivity index (χ2n) is 3.14. The lowest BCUT2D eigenvalue weighted by molar-refractivity contribution is 0.658. The van der Waals surface area contributed by atoms with E-state index in [2.05, 4.69) is 44.5 Å². The average Bonchev–Trinajstić information content (AvgIpc) is 2.18. The van der Waals surface area contributed by atoms with Gasteiger partial charge in [0.05, 0.1) is 0 Å². The fraction of sp³-hybridized carbons (Fsp3) is 0.273. The van der Waals surface area contributed by atoms with Crippen LogP contribution >= 0.6 is 31.9 Å². The van der Waals surface area contributed by atoms with Crippen LogP contribution in [0.15, 0.2) is 39.8 Å². The second-order valence-corrected chi connectivity index (χ2v) is 4.91.